The van der Waals surface area contributed by atoms with Gasteiger partial charge in [0, 0.05) is 5.02 Å². The van der Waals surface area contributed by atoms with Crippen LogP contribution in [0.5, 0.6) is 0 Å². The molecule has 1 atom stereocenters. The fourth-order valence-corrected chi connectivity index (χ4v) is 1.89. The number of carbonyl (C=O) groups excluding carboxylic acids is 1. The second-order valence-electron chi connectivity index (χ2n) is 4.49. The zero-order valence-electron chi connectivity index (χ0n) is 11.0. The minimum absolute atomic E-state index is 0.166. The molecule has 19 heavy (non-hydrogen) atoms. The van der Waals surface area contributed by atoms with Crippen LogP contribution in [0.1, 0.15) is 25.8 Å². The Morgan fingerprint density at radius 3 is 2.63 bits per heavy atom. The highest BCUT2D eigenvalue weighted by Crippen LogP contribution is 2.26. The largest absolute Gasteiger partial charge is 0.480 e. The lowest BCUT2D eigenvalue weighted by Gasteiger charge is -2.22. The highest BCUT2D eigenvalue weighted by Gasteiger charge is 2.42. The number of rotatable bonds is 6. The summed E-state index contributed by atoms with van der Waals surface area (Å²) in [7, 11) is 0. The lowest BCUT2D eigenvalue weighted by Crippen LogP contribution is -2.38. The zero-order valence-corrected chi connectivity index (χ0v) is 11.7. The molecule has 0 amide bonds. The number of carbonyl (C=O) groups is 2. The molecule has 4 nitrogen and oxygen atoms in total. The van der Waals surface area contributed by atoms with Crippen LogP contribution in [-0.4, -0.2) is 23.7 Å². The molecule has 0 aliphatic carbocycles. The molecule has 0 bridgehead atoms. The Morgan fingerprint density at radius 2 is 2.11 bits per heavy atom. The molecule has 1 aromatic carbocycles. The molecule has 0 aliphatic heterocycles. The van der Waals surface area contributed by atoms with E-state index in [0.717, 1.165) is 5.56 Å². The summed E-state index contributed by atoms with van der Waals surface area (Å²) in [5.74, 6) is -1.88. The maximum atomic E-state index is 11.8. The van der Waals surface area contributed by atoms with E-state index in [4.69, 9.17) is 16.3 Å². The molecule has 5 heteroatoms. The molecule has 1 rings (SSSR count). The number of halogens is 1. The molecule has 0 saturated heterocycles. The van der Waals surface area contributed by atoms with Gasteiger partial charge in [0.2, 0.25) is 0 Å². The molecule has 1 N–H and O–H groups in total. The lowest BCUT2D eigenvalue weighted by molar-refractivity contribution is -0.167. The minimum atomic E-state index is -1.53. The van der Waals surface area contributed by atoms with Crippen molar-refractivity contribution in [1.29, 1.82) is 0 Å². The fraction of sp³-hybridized carbons (Fsp3) is 0.429. The molecule has 0 fully saturated rings. The molecule has 0 aromatic heterocycles. The van der Waals surface area contributed by atoms with Crippen LogP contribution in [0.4, 0.5) is 0 Å². The number of carboxylic acids is 1. The highest BCUT2D eigenvalue weighted by molar-refractivity contribution is 6.30. The number of aliphatic carboxylic acids is 1. The Labute approximate surface area is 117 Å². The third-order valence-corrected chi connectivity index (χ3v) is 3.24. The van der Waals surface area contributed by atoms with Crippen molar-refractivity contribution in [3.8, 4) is 0 Å². The molecule has 0 spiro atoms. The van der Waals surface area contributed by atoms with Crippen LogP contribution >= 0.6 is 11.6 Å². The first-order valence-corrected chi connectivity index (χ1v) is 6.43. The second-order valence-corrected chi connectivity index (χ2v) is 4.92. The number of carboxylic acid groups (broad SMARTS) is 1. The monoisotopic (exact) mass is 284 g/mol. The number of aryl methyl sites for hydroxylation is 1. The highest BCUT2D eigenvalue weighted by atomic mass is 35.5. The quantitative estimate of drug-likeness (QED) is 0.644. The molecular weight excluding hydrogens is 268 g/mol. The van der Waals surface area contributed by atoms with Gasteiger partial charge in [0.05, 0.1) is 6.61 Å². The van der Waals surface area contributed by atoms with E-state index in [2.05, 4.69) is 0 Å². The summed E-state index contributed by atoms with van der Waals surface area (Å²) in [6.07, 6.45) is 0.615. The predicted octanol–water partition coefficient (Wildman–Crippen LogP) is 2.93. The lowest BCUT2D eigenvalue weighted by atomic mass is 9.84. The van der Waals surface area contributed by atoms with E-state index in [9.17, 15) is 14.7 Å². The summed E-state index contributed by atoms with van der Waals surface area (Å²) in [5.41, 5.74) is -0.637. The topological polar surface area (TPSA) is 63.6 Å². The van der Waals surface area contributed by atoms with Gasteiger partial charge in [-0.15, -0.1) is 0 Å². The SMILES string of the molecule is CCOC(=O)C(C)(CCc1cccc(Cl)c1)C(=O)O. The van der Waals surface area contributed by atoms with E-state index in [1.807, 2.05) is 6.07 Å². The molecule has 0 saturated carbocycles. The Kier molecular flexibility index (Phi) is 5.36. The van der Waals surface area contributed by atoms with Gasteiger partial charge in [-0.3, -0.25) is 9.59 Å². The summed E-state index contributed by atoms with van der Waals surface area (Å²) >= 11 is 5.86. The molecule has 0 heterocycles. The van der Waals surface area contributed by atoms with Gasteiger partial charge in [0.25, 0.3) is 0 Å². The van der Waals surface area contributed by atoms with Gasteiger partial charge in [-0.25, -0.2) is 0 Å². The molecular formula is C14H17ClO4. The Balaban J connectivity index is 2.80. The van der Waals surface area contributed by atoms with E-state index in [-0.39, 0.29) is 13.0 Å². The average Bonchev–Trinajstić information content (AvgIpc) is 2.36. The first-order valence-electron chi connectivity index (χ1n) is 6.05. The van der Waals surface area contributed by atoms with E-state index in [1.54, 1.807) is 25.1 Å². The van der Waals surface area contributed by atoms with Gasteiger partial charge in [-0.05, 0) is 44.4 Å². The fourth-order valence-electron chi connectivity index (χ4n) is 1.67. The van der Waals surface area contributed by atoms with E-state index in [1.165, 1.54) is 6.92 Å². The number of hydrogen-bond acceptors (Lipinski definition) is 3. The smallest absolute Gasteiger partial charge is 0.323 e. The maximum absolute atomic E-state index is 11.8. The van der Waals surface area contributed by atoms with Crippen molar-refractivity contribution < 1.29 is 19.4 Å². The summed E-state index contributed by atoms with van der Waals surface area (Å²) in [5, 5.41) is 9.82. The number of benzene rings is 1. The van der Waals surface area contributed by atoms with Crippen LogP contribution in [0.25, 0.3) is 0 Å². The van der Waals surface area contributed by atoms with Crippen molar-refractivity contribution in [2.75, 3.05) is 6.61 Å². The van der Waals surface area contributed by atoms with Crippen LogP contribution in [0.3, 0.4) is 0 Å². The van der Waals surface area contributed by atoms with E-state index >= 15 is 0 Å². The van der Waals surface area contributed by atoms with Gasteiger partial charge in [0.1, 0.15) is 0 Å². The predicted molar refractivity (Wildman–Crippen MR) is 72.1 cm³/mol. The van der Waals surface area contributed by atoms with E-state index < -0.39 is 17.4 Å². The van der Waals surface area contributed by atoms with Crippen molar-refractivity contribution in [1.82, 2.24) is 0 Å². The summed E-state index contributed by atoms with van der Waals surface area (Å²) in [4.78, 5) is 23.1. The van der Waals surface area contributed by atoms with Gasteiger partial charge >= 0.3 is 11.9 Å². The van der Waals surface area contributed by atoms with Crippen LogP contribution < -0.4 is 0 Å². The third-order valence-electron chi connectivity index (χ3n) is 3.00. The molecule has 1 aromatic rings. The molecule has 1 unspecified atom stereocenters. The average molecular weight is 285 g/mol. The summed E-state index contributed by atoms with van der Waals surface area (Å²) < 4.78 is 4.83. The normalized spacial score (nSPS) is 13.6. The van der Waals surface area contributed by atoms with Gasteiger partial charge in [-0.1, -0.05) is 23.7 Å². The van der Waals surface area contributed by atoms with Gasteiger partial charge in [0.15, 0.2) is 5.41 Å². The van der Waals surface area contributed by atoms with Gasteiger partial charge < -0.3 is 9.84 Å². The first-order chi connectivity index (χ1) is 8.90. The van der Waals surface area contributed by atoms with E-state index in [0.29, 0.717) is 11.4 Å². The van der Waals surface area contributed by atoms with Crippen molar-refractivity contribution >= 4 is 23.5 Å². The van der Waals surface area contributed by atoms with Crippen molar-refractivity contribution in [3.05, 3.63) is 34.9 Å². The van der Waals surface area contributed by atoms with Crippen molar-refractivity contribution in [2.24, 2.45) is 5.41 Å². The van der Waals surface area contributed by atoms with Gasteiger partial charge in [-0.2, -0.15) is 0 Å². The summed E-state index contributed by atoms with van der Waals surface area (Å²) in [6, 6.07) is 7.14. The van der Waals surface area contributed by atoms with Crippen LogP contribution in [0, 0.1) is 5.41 Å². The third kappa shape index (κ3) is 3.96. The maximum Gasteiger partial charge on any atom is 0.323 e. The summed E-state index contributed by atoms with van der Waals surface area (Å²) in [6.45, 7) is 3.20. The van der Waals surface area contributed by atoms with Crippen molar-refractivity contribution in [2.45, 2.75) is 26.7 Å². The standard InChI is InChI=1S/C14H17ClO4/c1-3-19-13(18)14(2,12(16)17)8-7-10-5-4-6-11(15)9-10/h4-6,9H,3,7-8H2,1-2H3,(H,16,17). The van der Waals surface area contributed by atoms with Crippen LogP contribution in [0.2, 0.25) is 5.02 Å². The number of ether oxygens (including phenoxy) is 1. The first kappa shape index (κ1) is 15.5. The minimum Gasteiger partial charge on any atom is -0.480 e. The van der Waals surface area contributed by atoms with Crippen LogP contribution in [0.15, 0.2) is 24.3 Å². The molecule has 0 aliphatic rings. The Bertz CT molecular complexity index is 472. The van der Waals surface area contributed by atoms with Crippen molar-refractivity contribution in [3.63, 3.8) is 0 Å². The number of hydrogen-bond donors (Lipinski definition) is 1. The molecule has 0 radical (unpaired) electrons. The Hall–Kier alpha value is -1.55. The Morgan fingerprint density at radius 1 is 1.42 bits per heavy atom. The number of esters is 1. The van der Waals surface area contributed by atoms with Crippen LogP contribution in [-0.2, 0) is 20.7 Å². The molecule has 104 valence electrons. The zero-order chi connectivity index (χ0) is 14.5. The second kappa shape index (κ2) is 6.57.